The highest BCUT2D eigenvalue weighted by atomic mass is 16.5. The van der Waals surface area contributed by atoms with E-state index < -0.39 is 18.5 Å². The van der Waals surface area contributed by atoms with Gasteiger partial charge in [-0.3, -0.25) is 9.36 Å². The van der Waals surface area contributed by atoms with Crippen molar-refractivity contribution < 1.29 is 23.5 Å². The molecule has 2 heterocycles. The van der Waals surface area contributed by atoms with Gasteiger partial charge in [-0.2, -0.15) is 5.26 Å². The van der Waals surface area contributed by atoms with Gasteiger partial charge in [-0.15, -0.1) is 0 Å². The number of amides is 1. The second kappa shape index (κ2) is 8.80. The fourth-order valence-electron chi connectivity index (χ4n) is 2.77. The highest BCUT2D eigenvalue weighted by Gasteiger charge is 2.26. The Morgan fingerprint density at radius 3 is 2.62 bits per heavy atom. The maximum atomic E-state index is 12.5. The Bertz CT molecular complexity index is 1060. The molecule has 3 rings (SSSR count). The number of hydrogen-bond acceptors (Lipinski definition) is 6. The van der Waals surface area contributed by atoms with E-state index in [0.717, 1.165) is 0 Å². The molecular formula is C21H19N3O5. The van der Waals surface area contributed by atoms with Gasteiger partial charge in [0.05, 0.1) is 12.3 Å². The second-order valence-corrected chi connectivity index (χ2v) is 5.97. The van der Waals surface area contributed by atoms with Crippen LogP contribution < -0.4 is 10.1 Å². The van der Waals surface area contributed by atoms with E-state index in [4.69, 9.17) is 13.9 Å². The van der Waals surface area contributed by atoms with E-state index in [-0.39, 0.29) is 22.8 Å². The molecule has 0 radical (unpaired) electrons. The maximum Gasteiger partial charge on any atom is 0.343 e. The summed E-state index contributed by atoms with van der Waals surface area (Å²) in [6.45, 7) is 3.32. The molecule has 1 aromatic carbocycles. The highest BCUT2D eigenvalue weighted by Crippen LogP contribution is 2.26. The predicted octanol–water partition coefficient (Wildman–Crippen LogP) is 3.44. The molecule has 0 saturated carbocycles. The Kier molecular flexibility index (Phi) is 6.00. The first-order valence-electron chi connectivity index (χ1n) is 8.90. The largest absolute Gasteiger partial charge is 0.492 e. The fraction of sp³-hybridized carbons (Fsp3) is 0.190. The van der Waals surface area contributed by atoms with Crippen molar-refractivity contribution in [3.05, 3.63) is 65.7 Å². The molecular weight excluding hydrogens is 374 g/mol. The summed E-state index contributed by atoms with van der Waals surface area (Å²) in [7, 11) is 0. The van der Waals surface area contributed by atoms with E-state index in [1.807, 2.05) is 13.0 Å². The standard InChI is InChI=1S/C21H19N3O5/c1-3-27-17-9-5-4-8-16(17)23-18(25)13-28-21(26)19-14(2)29-20(15(19)12-22)24-10-6-7-11-24/h4-11H,3,13H2,1-2H3,(H,23,25). The van der Waals surface area contributed by atoms with Crippen molar-refractivity contribution in [2.24, 2.45) is 0 Å². The first-order chi connectivity index (χ1) is 14.0. The first-order valence-corrected chi connectivity index (χ1v) is 8.90. The average molecular weight is 393 g/mol. The molecule has 0 aliphatic carbocycles. The van der Waals surface area contributed by atoms with E-state index in [1.54, 1.807) is 60.3 Å². The predicted molar refractivity (Wildman–Crippen MR) is 104 cm³/mol. The van der Waals surface area contributed by atoms with Crippen LogP contribution in [0.25, 0.3) is 5.88 Å². The van der Waals surface area contributed by atoms with Crippen molar-refractivity contribution in [2.45, 2.75) is 13.8 Å². The number of aromatic nitrogens is 1. The van der Waals surface area contributed by atoms with E-state index in [1.165, 1.54) is 0 Å². The average Bonchev–Trinajstić information content (AvgIpc) is 3.35. The number of esters is 1. The zero-order valence-corrected chi connectivity index (χ0v) is 16.0. The minimum atomic E-state index is -0.811. The van der Waals surface area contributed by atoms with Crippen LogP contribution in [-0.4, -0.2) is 29.7 Å². The number of aryl methyl sites for hydroxylation is 1. The molecule has 8 heteroatoms. The Labute approximate surface area is 167 Å². The molecule has 2 aromatic heterocycles. The highest BCUT2D eigenvalue weighted by molar-refractivity contribution is 5.98. The van der Waals surface area contributed by atoms with Crippen LogP contribution in [0, 0.1) is 18.3 Å². The molecule has 3 aromatic rings. The lowest BCUT2D eigenvalue weighted by Gasteiger charge is -2.11. The number of benzene rings is 1. The first kappa shape index (κ1) is 19.8. The summed E-state index contributed by atoms with van der Waals surface area (Å²) >= 11 is 0. The van der Waals surface area contributed by atoms with Crippen LogP contribution in [0.3, 0.4) is 0 Å². The van der Waals surface area contributed by atoms with Crippen LogP contribution in [0.1, 0.15) is 28.6 Å². The summed E-state index contributed by atoms with van der Waals surface area (Å²) in [5, 5.41) is 12.1. The number of rotatable bonds is 7. The molecule has 29 heavy (non-hydrogen) atoms. The van der Waals surface area contributed by atoms with Gasteiger partial charge in [0.2, 0.25) is 5.88 Å². The Hall–Kier alpha value is -3.99. The molecule has 0 atom stereocenters. The number of carbonyl (C=O) groups is 2. The lowest BCUT2D eigenvalue weighted by atomic mass is 10.1. The van der Waals surface area contributed by atoms with Gasteiger partial charge in [-0.1, -0.05) is 12.1 Å². The number of hydrogen-bond donors (Lipinski definition) is 1. The summed E-state index contributed by atoms with van der Waals surface area (Å²) < 4.78 is 17.7. The van der Waals surface area contributed by atoms with Crippen LogP contribution in [0.5, 0.6) is 5.75 Å². The van der Waals surface area contributed by atoms with Gasteiger partial charge in [0, 0.05) is 12.4 Å². The van der Waals surface area contributed by atoms with E-state index in [0.29, 0.717) is 18.0 Å². The van der Waals surface area contributed by atoms with Crippen LogP contribution in [0.15, 0.2) is 53.2 Å². The Morgan fingerprint density at radius 1 is 1.21 bits per heavy atom. The summed E-state index contributed by atoms with van der Waals surface area (Å²) in [5.74, 6) is -0.372. The molecule has 0 bridgehead atoms. The Balaban J connectivity index is 1.70. The van der Waals surface area contributed by atoms with Crippen LogP contribution >= 0.6 is 0 Å². The number of carbonyl (C=O) groups excluding carboxylic acids is 2. The third-order valence-corrected chi connectivity index (χ3v) is 4.02. The van der Waals surface area contributed by atoms with Gasteiger partial charge in [-0.05, 0) is 38.1 Å². The topological polar surface area (TPSA) is 106 Å². The second-order valence-electron chi connectivity index (χ2n) is 5.97. The summed E-state index contributed by atoms with van der Waals surface area (Å²) in [5.41, 5.74) is 0.520. The lowest BCUT2D eigenvalue weighted by Crippen LogP contribution is -2.21. The van der Waals surface area contributed by atoms with Crippen molar-refractivity contribution in [1.82, 2.24) is 4.57 Å². The fourth-order valence-corrected chi connectivity index (χ4v) is 2.77. The summed E-state index contributed by atoms with van der Waals surface area (Å²) in [6.07, 6.45) is 3.38. The van der Waals surface area contributed by atoms with Crippen molar-refractivity contribution in [3.8, 4) is 17.7 Å². The van der Waals surface area contributed by atoms with Crippen molar-refractivity contribution in [1.29, 1.82) is 5.26 Å². The minimum absolute atomic E-state index is 0.00119. The van der Waals surface area contributed by atoms with Crippen molar-refractivity contribution in [2.75, 3.05) is 18.5 Å². The monoisotopic (exact) mass is 393 g/mol. The van der Waals surface area contributed by atoms with Gasteiger partial charge in [-0.25, -0.2) is 4.79 Å². The number of nitrogens with one attached hydrogen (secondary N) is 1. The van der Waals surface area contributed by atoms with Crippen LogP contribution in [-0.2, 0) is 9.53 Å². The normalized spacial score (nSPS) is 10.2. The minimum Gasteiger partial charge on any atom is -0.492 e. The molecule has 1 N–H and O–H groups in total. The molecule has 0 aliphatic rings. The van der Waals surface area contributed by atoms with Crippen LogP contribution in [0.4, 0.5) is 5.69 Å². The molecule has 0 unspecified atom stereocenters. The van der Waals surface area contributed by atoms with Gasteiger partial charge in [0.1, 0.15) is 28.7 Å². The van der Waals surface area contributed by atoms with Crippen molar-refractivity contribution in [3.63, 3.8) is 0 Å². The van der Waals surface area contributed by atoms with Gasteiger partial charge < -0.3 is 19.2 Å². The quantitative estimate of drug-likeness (QED) is 0.616. The molecule has 0 saturated heterocycles. The molecule has 0 fully saturated rings. The SMILES string of the molecule is CCOc1ccccc1NC(=O)COC(=O)c1c(C)oc(-n2cccc2)c1C#N. The number of furan rings is 1. The summed E-state index contributed by atoms with van der Waals surface area (Å²) in [4.78, 5) is 24.7. The zero-order chi connectivity index (χ0) is 20.8. The zero-order valence-electron chi connectivity index (χ0n) is 16.0. The number of para-hydroxylation sites is 2. The van der Waals surface area contributed by atoms with Gasteiger partial charge >= 0.3 is 5.97 Å². The molecule has 1 amide bonds. The molecule has 148 valence electrons. The molecule has 0 spiro atoms. The molecule has 0 aliphatic heterocycles. The number of ether oxygens (including phenoxy) is 2. The number of nitrogens with zero attached hydrogens (tertiary/aromatic N) is 2. The van der Waals surface area contributed by atoms with Gasteiger partial charge in [0.15, 0.2) is 6.61 Å². The van der Waals surface area contributed by atoms with E-state index in [9.17, 15) is 14.9 Å². The molecule has 8 nitrogen and oxygen atoms in total. The third-order valence-electron chi connectivity index (χ3n) is 4.02. The number of anilines is 1. The van der Waals surface area contributed by atoms with Crippen molar-refractivity contribution >= 4 is 17.6 Å². The van der Waals surface area contributed by atoms with E-state index >= 15 is 0 Å². The van der Waals surface area contributed by atoms with Crippen LogP contribution in [0.2, 0.25) is 0 Å². The van der Waals surface area contributed by atoms with E-state index in [2.05, 4.69) is 5.32 Å². The third kappa shape index (κ3) is 4.30. The lowest BCUT2D eigenvalue weighted by molar-refractivity contribution is -0.119. The maximum absolute atomic E-state index is 12.5. The Morgan fingerprint density at radius 2 is 1.93 bits per heavy atom. The van der Waals surface area contributed by atoms with Gasteiger partial charge in [0.25, 0.3) is 5.91 Å². The summed E-state index contributed by atoms with van der Waals surface area (Å²) in [6, 6.07) is 12.4. The number of nitriles is 1. The smallest absolute Gasteiger partial charge is 0.343 e.